The summed E-state index contributed by atoms with van der Waals surface area (Å²) in [5, 5.41) is 0.753. The van der Waals surface area contributed by atoms with Crippen LogP contribution in [-0.2, 0) is 0 Å². The van der Waals surface area contributed by atoms with E-state index >= 15 is 0 Å². The molecule has 0 heterocycles. The van der Waals surface area contributed by atoms with Gasteiger partial charge in [0.2, 0.25) is 0 Å². The Labute approximate surface area is 107 Å². The van der Waals surface area contributed by atoms with Crippen LogP contribution < -0.4 is 0 Å². The van der Waals surface area contributed by atoms with Crippen molar-refractivity contribution >= 4 is 39.3 Å². The first-order valence-electron chi connectivity index (χ1n) is 4.43. The van der Waals surface area contributed by atoms with E-state index in [1.807, 2.05) is 30.3 Å². The molecule has 0 radical (unpaired) electrons. The summed E-state index contributed by atoms with van der Waals surface area (Å²) >= 11 is 11.1. The van der Waals surface area contributed by atoms with Crippen molar-refractivity contribution in [3.63, 3.8) is 0 Å². The summed E-state index contributed by atoms with van der Waals surface area (Å²) in [6, 6.07) is 16.1. The average Bonchev–Trinajstić information content (AvgIpc) is 2.17. The molecule has 0 amide bonds. The van der Waals surface area contributed by atoms with E-state index in [2.05, 4.69) is 34.1 Å². The van der Waals surface area contributed by atoms with Gasteiger partial charge in [0.1, 0.15) is 0 Å². The number of benzene rings is 2. The third-order valence-corrected chi connectivity index (χ3v) is 3.47. The van der Waals surface area contributed by atoms with Crippen LogP contribution in [0.15, 0.2) is 62.8 Å². The van der Waals surface area contributed by atoms with Gasteiger partial charge in [0, 0.05) is 19.3 Å². The monoisotopic (exact) mass is 298 g/mol. The minimum Gasteiger partial charge on any atom is -0.0900 e. The van der Waals surface area contributed by atoms with Crippen LogP contribution in [0.5, 0.6) is 0 Å². The molecular weight excluding hydrogens is 292 g/mol. The predicted octanol–water partition coefficient (Wildman–Crippen LogP) is 5.25. The summed E-state index contributed by atoms with van der Waals surface area (Å²) in [6.45, 7) is 0. The standard InChI is InChI=1S/C12H8BrClS/c13-9-6-10(14)8-12(7-9)15-11-4-2-1-3-5-11/h1-8H. The van der Waals surface area contributed by atoms with Gasteiger partial charge in [0.05, 0.1) is 0 Å². The molecule has 0 aliphatic heterocycles. The zero-order valence-corrected chi connectivity index (χ0v) is 10.9. The summed E-state index contributed by atoms with van der Waals surface area (Å²) in [6.07, 6.45) is 0. The van der Waals surface area contributed by atoms with Crippen molar-refractivity contribution in [3.05, 3.63) is 58.0 Å². The van der Waals surface area contributed by atoms with Crippen LogP contribution in [0.3, 0.4) is 0 Å². The lowest BCUT2D eigenvalue weighted by molar-refractivity contribution is 1.39. The summed E-state index contributed by atoms with van der Waals surface area (Å²) in [7, 11) is 0. The smallest absolute Gasteiger partial charge is 0.0428 e. The van der Waals surface area contributed by atoms with E-state index in [0.717, 1.165) is 14.4 Å². The van der Waals surface area contributed by atoms with Gasteiger partial charge in [-0.25, -0.2) is 0 Å². The van der Waals surface area contributed by atoms with Crippen molar-refractivity contribution in [2.75, 3.05) is 0 Å². The highest BCUT2D eigenvalue weighted by atomic mass is 79.9. The molecule has 0 aliphatic carbocycles. The molecule has 3 heteroatoms. The molecule has 2 rings (SSSR count). The van der Waals surface area contributed by atoms with E-state index in [1.54, 1.807) is 11.8 Å². The van der Waals surface area contributed by atoms with E-state index in [1.165, 1.54) is 4.90 Å². The van der Waals surface area contributed by atoms with Gasteiger partial charge in [0.25, 0.3) is 0 Å². The maximum absolute atomic E-state index is 5.97. The number of hydrogen-bond donors (Lipinski definition) is 0. The zero-order chi connectivity index (χ0) is 10.7. The number of hydrogen-bond acceptors (Lipinski definition) is 1. The van der Waals surface area contributed by atoms with Gasteiger partial charge in [-0.1, -0.05) is 57.5 Å². The van der Waals surface area contributed by atoms with E-state index in [4.69, 9.17) is 11.6 Å². The van der Waals surface area contributed by atoms with Crippen molar-refractivity contribution in [3.8, 4) is 0 Å². The van der Waals surface area contributed by atoms with Crippen molar-refractivity contribution in [2.45, 2.75) is 9.79 Å². The second-order valence-corrected chi connectivity index (χ2v) is 5.52. The molecule has 0 nitrogen and oxygen atoms in total. The third kappa shape index (κ3) is 3.26. The highest BCUT2D eigenvalue weighted by Gasteiger charge is 1.99. The molecule has 0 aromatic heterocycles. The van der Waals surface area contributed by atoms with Gasteiger partial charge >= 0.3 is 0 Å². The van der Waals surface area contributed by atoms with Gasteiger partial charge in [-0.15, -0.1) is 0 Å². The largest absolute Gasteiger partial charge is 0.0900 e. The van der Waals surface area contributed by atoms with Crippen LogP contribution in [0.4, 0.5) is 0 Å². The van der Waals surface area contributed by atoms with Crippen molar-refractivity contribution in [1.82, 2.24) is 0 Å². The molecule has 0 aliphatic rings. The van der Waals surface area contributed by atoms with E-state index in [-0.39, 0.29) is 0 Å². The molecule has 0 fully saturated rings. The second-order valence-electron chi connectivity index (χ2n) is 3.02. The van der Waals surface area contributed by atoms with Crippen LogP contribution in [0, 0.1) is 0 Å². The van der Waals surface area contributed by atoms with Crippen molar-refractivity contribution in [2.24, 2.45) is 0 Å². The molecule has 2 aromatic rings. The molecule has 15 heavy (non-hydrogen) atoms. The van der Waals surface area contributed by atoms with E-state index in [9.17, 15) is 0 Å². The Kier molecular flexibility index (Phi) is 3.73. The fourth-order valence-electron chi connectivity index (χ4n) is 1.21. The molecule has 0 atom stereocenters. The Morgan fingerprint density at radius 1 is 0.933 bits per heavy atom. The topological polar surface area (TPSA) is 0 Å². The predicted molar refractivity (Wildman–Crippen MR) is 69.7 cm³/mol. The molecule has 2 aromatic carbocycles. The maximum Gasteiger partial charge on any atom is 0.0428 e. The van der Waals surface area contributed by atoms with Crippen molar-refractivity contribution in [1.29, 1.82) is 0 Å². The maximum atomic E-state index is 5.97. The second kappa shape index (κ2) is 5.06. The van der Waals surface area contributed by atoms with Crippen LogP contribution in [-0.4, -0.2) is 0 Å². The summed E-state index contributed by atoms with van der Waals surface area (Å²) < 4.78 is 1.01. The first-order valence-corrected chi connectivity index (χ1v) is 6.42. The van der Waals surface area contributed by atoms with E-state index in [0.29, 0.717) is 0 Å². The highest BCUT2D eigenvalue weighted by Crippen LogP contribution is 2.31. The Hall–Kier alpha value is -0.440. The molecule has 0 spiro atoms. The first-order chi connectivity index (χ1) is 7.24. The van der Waals surface area contributed by atoms with Crippen LogP contribution in [0.1, 0.15) is 0 Å². The fraction of sp³-hybridized carbons (Fsp3) is 0. The normalized spacial score (nSPS) is 10.3. The van der Waals surface area contributed by atoms with E-state index < -0.39 is 0 Å². The summed E-state index contributed by atoms with van der Waals surface area (Å²) in [4.78, 5) is 2.35. The molecule has 0 saturated carbocycles. The average molecular weight is 300 g/mol. The van der Waals surface area contributed by atoms with Gasteiger partial charge in [0.15, 0.2) is 0 Å². The zero-order valence-electron chi connectivity index (χ0n) is 7.78. The molecule has 0 bridgehead atoms. The number of rotatable bonds is 2. The van der Waals surface area contributed by atoms with Crippen LogP contribution in [0.25, 0.3) is 0 Å². The lowest BCUT2D eigenvalue weighted by Gasteiger charge is -2.02. The Bertz CT molecular complexity index is 436. The molecular formula is C12H8BrClS. The third-order valence-electron chi connectivity index (χ3n) is 1.81. The SMILES string of the molecule is Clc1cc(Br)cc(Sc2ccccc2)c1. The van der Waals surface area contributed by atoms with Crippen LogP contribution >= 0.6 is 39.3 Å². The number of halogens is 2. The van der Waals surface area contributed by atoms with Gasteiger partial charge < -0.3 is 0 Å². The Balaban J connectivity index is 2.25. The van der Waals surface area contributed by atoms with Crippen molar-refractivity contribution < 1.29 is 0 Å². The summed E-state index contributed by atoms with van der Waals surface area (Å²) in [5.74, 6) is 0. The lowest BCUT2D eigenvalue weighted by atomic mass is 10.4. The minimum absolute atomic E-state index is 0.753. The highest BCUT2D eigenvalue weighted by molar-refractivity contribution is 9.10. The molecule has 0 unspecified atom stereocenters. The molecule has 0 saturated heterocycles. The van der Waals surface area contributed by atoms with Crippen LogP contribution in [0.2, 0.25) is 5.02 Å². The Morgan fingerprint density at radius 3 is 2.33 bits per heavy atom. The van der Waals surface area contributed by atoms with Gasteiger partial charge in [-0.2, -0.15) is 0 Å². The Morgan fingerprint density at radius 2 is 1.67 bits per heavy atom. The molecule has 0 N–H and O–H groups in total. The van der Waals surface area contributed by atoms with Gasteiger partial charge in [-0.3, -0.25) is 0 Å². The quantitative estimate of drug-likeness (QED) is 0.729. The molecule has 76 valence electrons. The van der Waals surface area contributed by atoms with Gasteiger partial charge in [-0.05, 0) is 30.3 Å². The minimum atomic E-state index is 0.753. The fourth-order valence-corrected chi connectivity index (χ4v) is 3.23. The lowest BCUT2D eigenvalue weighted by Crippen LogP contribution is -1.74. The first kappa shape index (κ1) is 11.1. The summed E-state index contributed by atoms with van der Waals surface area (Å²) in [5.41, 5.74) is 0.